The van der Waals surface area contributed by atoms with Gasteiger partial charge in [-0.25, -0.2) is 8.42 Å². The van der Waals surface area contributed by atoms with Gasteiger partial charge in [-0.3, -0.25) is 9.58 Å². The molecule has 0 saturated carbocycles. The molecule has 1 aliphatic heterocycles. The van der Waals surface area contributed by atoms with Gasteiger partial charge in [-0.2, -0.15) is 5.10 Å². The maximum Gasteiger partial charge on any atom is 0.151 e. The first-order chi connectivity index (χ1) is 12.0. The molecular formula is C19H25N3O2S. The summed E-state index contributed by atoms with van der Waals surface area (Å²) in [5, 5.41) is 4.42. The molecule has 2 aromatic rings. The van der Waals surface area contributed by atoms with Gasteiger partial charge in [-0.1, -0.05) is 36.4 Å². The fourth-order valence-electron chi connectivity index (χ4n) is 3.36. The molecule has 5 nitrogen and oxygen atoms in total. The first kappa shape index (κ1) is 17.9. The number of aromatic nitrogens is 2. The van der Waals surface area contributed by atoms with Crippen molar-refractivity contribution in [2.45, 2.75) is 39.0 Å². The molecule has 3 rings (SSSR count). The molecule has 1 unspecified atom stereocenters. The van der Waals surface area contributed by atoms with Gasteiger partial charge in [-0.05, 0) is 18.9 Å². The lowest BCUT2D eigenvalue weighted by atomic mass is 10.1. The van der Waals surface area contributed by atoms with Crippen molar-refractivity contribution in [3.05, 3.63) is 66.0 Å². The molecule has 1 saturated heterocycles. The van der Waals surface area contributed by atoms with E-state index in [0.717, 1.165) is 17.8 Å². The molecule has 1 aliphatic rings. The molecule has 0 N–H and O–H groups in total. The Balaban J connectivity index is 1.82. The van der Waals surface area contributed by atoms with E-state index in [4.69, 9.17) is 0 Å². The lowest BCUT2D eigenvalue weighted by Crippen LogP contribution is -2.35. The van der Waals surface area contributed by atoms with E-state index in [1.54, 1.807) is 0 Å². The summed E-state index contributed by atoms with van der Waals surface area (Å²) < 4.78 is 25.8. The number of rotatable bonds is 7. The molecule has 0 radical (unpaired) electrons. The predicted molar refractivity (Wildman–Crippen MR) is 99.9 cm³/mol. The summed E-state index contributed by atoms with van der Waals surface area (Å²) in [6, 6.07) is 10.3. The van der Waals surface area contributed by atoms with Gasteiger partial charge in [0, 0.05) is 30.4 Å². The second-order valence-electron chi connectivity index (χ2n) is 6.67. The summed E-state index contributed by atoms with van der Waals surface area (Å²) in [5.74, 6) is 0.539. The normalized spacial score (nSPS) is 19.4. The summed E-state index contributed by atoms with van der Waals surface area (Å²) in [4.78, 5) is 2.28. The maximum atomic E-state index is 12.0. The van der Waals surface area contributed by atoms with Crippen LogP contribution in [0.2, 0.25) is 0 Å². The topological polar surface area (TPSA) is 55.2 Å². The Bertz CT molecular complexity index is 828. The molecule has 0 amide bonds. The van der Waals surface area contributed by atoms with Gasteiger partial charge in [0.05, 0.1) is 24.2 Å². The highest BCUT2D eigenvalue weighted by molar-refractivity contribution is 7.91. The van der Waals surface area contributed by atoms with Crippen LogP contribution in [-0.4, -0.2) is 40.6 Å². The van der Waals surface area contributed by atoms with Crippen LogP contribution in [0.3, 0.4) is 0 Å². The molecule has 0 spiro atoms. The van der Waals surface area contributed by atoms with Gasteiger partial charge in [0.25, 0.3) is 0 Å². The SMILES string of the molecule is C=CCn1ncc(CN(Cc2ccccc2)C2CCS(=O)(=O)C2)c1C. The standard InChI is InChI=1S/C19H25N3O2S/c1-3-10-22-16(2)18(12-20-22)14-21(13-17-7-5-4-6-8-17)19-9-11-25(23,24)15-19/h3-8,12,19H,1,9-11,13-15H2,2H3. The average Bonchev–Trinajstić information content (AvgIpc) is 3.12. The van der Waals surface area contributed by atoms with Crippen LogP contribution in [0, 0.1) is 6.92 Å². The Morgan fingerprint density at radius 3 is 2.72 bits per heavy atom. The number of benzene rings is 1. The quantitative estimate of drug-likeness (QED) is 0.713. The predicted octanol–water partition coefficient (Wildman–Crippen LogP) is 2.57. The van der Waals surface area contributed by atoms with Crippen LogP contribution in [0.1, 0.15) is 23.2 Å². The van der Waals surface area contributed by atoms with Crippen molar-refractivity contribution in [1.29, 1.82) is 0 Å². The summed E-state index contributed by atoms with van der Waals surface area (Å²) in [6.07, 6.45) is 4.42. The first-order valence-electron chi connectivity index (χ1n) is 8.59. The number of sulfone groups is 1. The van der Waals surface area contributed by atoms with Gasteiger partial charge in [0.1, 0.15) is 0 Å². The van der Waals surface area contributed by atoms with Gasteiger partial charge >= 0.3 is 0 Å². The molecule has 0 aliphatic carbocycles. The third kappa shape index (κ3) is 4.38. The Morgan fingerprint density at radius 2 is 2.08 bits per heavy atom. The van der Waals surface area contributed by atoms with Crippen molar-refractivity contribution >= 4 is 9.84 Å². The Kier molecular flexibility index (Phi) is 5.39. The molecule has 0 bridgehead atoms. The van der Waals surface area contributed by atoms with E-state index in [1.165, 1.54) is 5.56 Å². The van der Waals surface area contributed by atoms with Crippen LogP contribution in [0.25, 0.3) is 0 Å². The number of allylic oxidation sites excluding steroid dienone is 1. The Hall–Kier alpha value is -1.92. The van der Waals surface area contributed by atoms with Crippen molar-refractivity contribution in [2.24, 2.45) is 0 Å². The molecule has 1 fully saturated rings. The van der Waals surface area contributed by atoms with Crippen LogP contribution in [0.15, 0.2) is 49.2 Å². The zero-order chi connectivity index (χ0) is 17.9. The minimum atomic E-state index is -2.91. The molecule has 1 aromatic heterocycles. The van der Waals surface area contributed by atoms with Crippen molar-refractivity contribution in [2.75, 3.05) is 11.5 Å². The van der Waals surface area contributed by atoms with Gasteiger partial charge in [0.15, 0.2) is 9.84 Å². The fraction of sp³-hybridized carbons (Fsp3) is 0.421. The van der Waals surface area contributed by atoms with Crippen molar-refractivity contribution in [3.8, 4) is 0 Å². The zero-order valence-corrected chi connectivity index (χ0v) is 15.5. The van der Waals surface area contributed by atoms with Crippen LogP contribution >= 0.6 is 0 Å². The maximum absolute atomic E-state index is 12.0. The summed E-state index contributed by atoms with van der Waals surface area (Å²) in [6.45, 7) is 7.95. The average molecular weight is 359 g/mol. The summed E-state index contributed by atoms with van der Waals surface area (Å²) in [7, 11) is -2.91. The molecule has 25 heavy (non-hydrogen) atoms. The van der Waals surface area contributed by atoms with E-state index in [1.807, 2.05) is 35.2 Å². The van der Waals surface area contributed by atoms with Crippen molar-refractivity contribution < 1.29 is 8.42 Å². The number of hydrogen-bond donors (Lipinski definition) is 0. The number of hydrogen-bond acceptors (Lipinski definition) is 4. The van der Waals surface area contributed by atoms with E-state index in [0.29, 0.717) is 19.5 Å². The third-order valence-corrected chi connectivity index (χ3v) is 6.58. The molecule has 1 aromatic carbocycles. The summed E-state index contributed by atoms with van der Waals surface area (Å²) >= 11 is 0. The van der Waals surface area contributed by atoms with Crippen LogP contribution in [-0.2, 0) is 29.5 Å². The molecule has 6 heteroatoms. The van der Waals surface area contributed by atoms with Crippen molar-refractivity contribution in [3.63, 3.8) is 0 Å². The molecule has 134 valence electrons. The monoisotopic (exact) mass is 359 g/mol. The fourth-order valence-corrected chi connectivity index (χ4v) is 5.12. The van der Waals surface area contributed by atoms with Crippen LogP contribution in [0.4, 0.5) is 0 Å². The Labute approximate surface area is 149 Å². The summed E-state index contributed by atoms with van der Waals surface area (Å²) in [5.41, 5.74) is 3.45. The van der Waals surface area contributed by atoms with Gasteiger partial charge < -0.3 is 0 Å². The third-order valence-electron chi connectivity index (χ3n) is 4.83. The second-order valence-corrected chi connectivity index (χ2v) is 8.90. The molecule has 2 heterocycles. The highest BCUT2D eigenvalue weighted by atomic mass is 32.2. The highest BCUT2D eigenvalue weighted by Crippen LogP contribution is 2.23. The first-order valence-corrected chi connectivity index (χ1v) is 10.4. The lowest BCUT2D eigenvalue weighted by molar-refractivity contribution is 0.194. The van der Waals surface area contributed by atoms with Gasteiger partial charge in [0.2, 0.25) is 0 Å². The van der Waals surface area contributed by atoms with E-state index in [9.17, 15) is 8.42 Å². The van der Waals surface area contributed by atoms with Crippen LogP contribution in [0.5, 0.6) is 0 Å². The molecule has 1 atom stereocenters. The smallest absolute Gasteiger partial charge is 0.151 e. The molecular weight excluding hydrogens is 334 g/mol. The number of nitrogens with zero attached hydrogens (tertiary/aromatic N) is 3. The largest absolute Gasteiger partial charge is 0.291 e. The van der Waals surface area contributed by atoms with E-state index < -0.39 is 9.84 Å². The highest BCUT2D eigenvalue weighted by Gasteiger charge is 2.32. The zero-order valence-electron chi connectivity index (χ0n) is 14.6. The lowest BCUT2D eigenvalue weighted by Gasteiger charge is -2.28. The second kappa shape index (κ2) is 7.54. The van der Waals surface area contributed by atoms with E-state index in [2.05, 4.69) is 35.6 Å². The van der Waals surface area contributed by atoms with E-state index in [-0.39, 0.29) is 17.5 Å². The Morgan fingerprint density at radius 1 is 1.32 bits per heavy atom. The van der Waals surface area contributed by atoms with Crippen LogP contribution < -0.4 is 0 Å². The minimum absolute atomic E-state index is 0.0624. The van der Waals surface area contributed by atoms with Crippen molar-refractivity contribution in [1.82, 2.24) is 14.7 Å². The minimum Gasteiger partial charge on any atom is -0.291 e. The van der Waals surface area contributed by atoms with E-state index >= 15 is 0 Å². The van der Waals surface area contributed by atoms with Gasteiger partial charge in [-0.15, -0.1) is 6.58 Å².